The molecule has 0 aliphatic carbocycles. The number of rotatable bonds is 2. The topological polar surface area (TPSA) is 17.1 Å². The summed E-state index contributed by atoms with van der Waals surface area (Å²) in [6, 6.07) is 9.96. The Morgan fingerprint density at radius 2 is 1.83 bits per heavy atom. The largest absolute Gasteiger partial charge is 0.289 e. The van der Waals surface area contributed by atoms with E-state index in [1.165, 1.54) is 12.1 Å². The summed E-state index contributed by atoms with van der Waals surface area (Å²) in [6.45, 7) is 3.61. The van der Waals surface area contributed by atoms with E-state index in [0.717, 1.165) is 10.0 Å². The van der Waals surface area contributed by atoms with Crippen molar-refractivity contribution in [2.75, 3.05) is 0 Å². The second-order valence-electron chi connectivity index (χ2n) is 4.28. The van der Waals surface area contributed by atoms with Crippen LogP contribution in [0.15, 0.2) is 40.9 Å². The molecule has 0 saturated heterocycles. The van der Waals surface area contributed by atoms with E-state index in [2.05, 4.69) is 15.9 Å². The van der Waals surface area contributed by atoms with Gasteiger partial charge < -0.3 is 0 Å². The van der Waals surface area contributed by atoms with Gasteiger partial charge in [0.1, 0.15) is 5.82 Å². The van der Waals surface area contributed by atoms with Crippen molar-refractivity contribution in [3.05, 3.63) is 68.9 Å². The van der Waals surface area contributed by atoms with Crippen LogP contribution in [0.25, 0.3) is 0 Å². The number of aryl methyl sites for hydroxylation is 2. The highest BCUT2D eigenvalue weighted by Gasteiger charge is 2.13. The summed E-state index contributed by atoms with van der Waals surface area (Å²) < 4.78 is 13.9. The Kier molecular flexibility index (Phi) is 3.62. The average Bonchev–Trinajstić information content (AvgIpc) is 2.32. The standard InChI is InChI=1S/C15H12BrFO/c1-9-3-5-12(13(16)7-9)15(18)11-4-6-14(17)10(2)8-11/h3-8H,1-2H3. The molecule has 0 aliphatic heterocycles. The van der Waals surface area contributed by atoms with E-state index in [0.29, 0.717) is 16.7 Å². The molecule has 2 rings (SSSR count). The van der Waals surface area contributed by atoms with Gasteiger partial charge in [0, 0.05) is 15.6 Å². The van der Waals surface area contributed by atoms with Crippen molar-refractivity contribution >= 4 is 21.7 Å². The lowest BCUT2D eigenvalue weighted by atomic mass is 10.0. The van der Waals surface area contributed by atoms with Gasteiger partial charge in [-0.2, -0.15) is 0 Å². The molecule has 0 N–H and O–H groups in total. The minimum atomic E-state index is -0.297. The fourth-order valence-corrected chi connectivity index (χ4v) is 2.42. The highest BCUT2D eigenvalue weighted by molar-refractivity contribution is 9.10. The lowest BCUT2D eigenvalue weighted by Crippen LogP contribution is -2.03. The SMILES string of the molecule is Cc1ccc(C(=O)c2ccc(F)c(C)c2)c(Br)c1. The van der Waals surface area contributed by atoms with Crippen LogP contribution in [0.2, 0.25) is 0 Å². The maximum absolute atomic E-state index is 13.2. The van der Waals surface area contributed by atoms with Gasteiger partial charge in [0.05, 0.1) is 0 Å². The molecule has 0 aromatic heterocycles. The Morgan fingerprint density at radius 1 is 1.11 bits per heavy atom. The van der Waals surface area contributed by atoms with Crippen molar-refractivity contribution in [2.45, 2.75) is 13.8 Å². The molecule has 0 atom stereocenters. The molecule has 92 valence electrons. The molecule has 3 heteroatoms. The van der Waals surface area contributed by atoms with Crippen LogP contribution in [-0.2, 0) is 0 Å². The predicted octanol–water partition coefficient (Wildman–Crippen LogP) is 4.44. The van der Waals surface area contributed by atoms with E-state index in [1.807, 2.05) is 19.1 Å². The molecule has 2 aromatic carbocycles. The van der Waals surface area contributed by atoms with Gasteiger partial charge in [-0.3, -0.25) is 4.79 Å². The zero-order valence-corrected chi connectivity index (χ0v) is 11.7. The van der Waals surface area contributed by atoms with Gasteiger partial charge >= 0.3 is 0 Å². The van der Waals surface area contributed by atoms with E-state index < -0.39 is 0 Å². The Bertz CT molecular complexity index is 620. The third-order valence-electron chi connectivity index (χ3n) is 2.79. The third-order valence-corrected chi connectivity index (χ3v) is 3.45. The van der Waals surface area contributed by atoms with Crippen LogP contribution in [0.1, 0.15) is 27.0 Å². The first-order valence-electron chi connectivity index (χ1n) is 5.56. The van der Waals surface area contributed by atoms with Crippen molar-refractivity contribution in [1.29, 1.82) is 0 Å². The minimum absolute atomic E-state index is 0.107. The normalized spacial score (nSPS) is 10.4. The van der Waals surface area contributed by atoms with Crippen LogP contribution in [-0.4, -0.2) is 5.78 Å². The summed E-state index contributed by atoms with van der Waals surface area (Å²) >= 11 is 3.38. The van der Waals surface area contributed by atoms with E-state index in [1.54, 1.807) is 19.1 Å². The second kappa shape index (κ2) is 5.02. The molecule has 0 aliphatic rings. The monoisotopic (exact) mass is 306 g/mol. The van der Waals surface area contributed by atoms with Gasteiger partial charge in [-0.15, -0.1) is 0 Å². The first kappa shape index (κ1) is 13.0. The van der Waals surface area contributed by atoms with Crippen LogP contribution in [0, 0.1) is 19.7 Å². The molecule has 1 nitrogen and oxygen atoms in total. The molecule has 0 spiro atoms. The number of carbonyl (C=O) groups is 1. The minimum Gasteiger partial charge on any atom is -0.289 e. The summed E-state index contributed by atoms with van der Waals surface area (Å²) in [5.41, 5.74) is 2.64. The molecule has 0 unspecified atom stereocenters. The third kappa shape index (κ3) is 2.51. The molecular weight excluding hydrogens is 295 g/mol. The van der Waals surface area contributed by atoms with E-state index in [-0.39, 0.29) is 11.6 Å². The van der Waals surface area contributed by atoms with Crippen LogP contribution >= 0.6 is 15.9 Å². The fraction of sp³-hybridized carbons (Fsp3) is 0.133. The van der Waals surface area contributed by atoms with Crippen molar-refractivity contribution in [2.24, 2.45) is 0 Å². The second-order valence-corrected chi connectivity index (χ2v) is 5.13. The number of carbonyl (C=O) groups excluding carboxylic acids is 1. The summed E-state index contributed by atoms with van der Waals surface area (Å²) in [5.74, 6) is -0.403. The van der Waals surface area contributed by atoms with Crippen LogP contribution in [0.5, 0.6) is 0 Å². The van der Waals surface area contributed by atoms with E-state index >= 15 is 0 Å². The van der Waals surface area contributed by atoms with E-state index in [4.69, 9.17) is 0 Å². The number of hydrogen-bond donors (Lipinski definition) is 0. The van der Waals surface area contributed by atoms with Gasteiger partial charge in [-0.25, -0.2) is 4.39 Å². The molecule has 2 aromatic rings. The molecule has 0 radical (unpaired) electrons. The van der Waals surface area contributed by atoms with Gasteiger partial charge in [-0.1, -0.05) is 22.0 Å². The highest BCUT2D eigenvalue weighted by Crippen LogP contribution is 2.22. The van der Waals surface area contributed by atoms with E-state index in [9.17, 15) is 9.18 Å². The smallest absolute Gasteiger partial charge is 0.194 e. The van der Waals surface area contributed by atoms with Crippen molar-refractivity contribution < 1.29 is 9.18 Å². The average molecular weight is 307 g/mol. The highest BCUT2D eigenvalue weighted by atomic mass is 79.9. The lowest BCUT2D eigenvalue weighted by molar-refractivity contribution is 0.103. The Balaban J connectivity index is 2.44. The van der Waals surface area contributed by atoms with Crippen molar-refractivity contribution in [3.63, 3.8) is 0 Å². The molecule has 18 heavy (non-hydrogen) atoms. The number of hydrogen-bond acceptors (Lipinski definition) is 1. The summed E-state index contributed by atoms with van der Waals surface area (Å²) in [5, 5.41) is 0. The maximum atomic E-state index is 13.2. The maximum Gasteiger partial charge on any atom is 0.194 e. The molecule has 0 heterocycles. The molecule has 0 amide bonds. The number of halogens is 2. The zero-order chi connectivity index (χ0) is 13.3. The molecule has 0 bridgehead atoms. The van der Waals surface area contributed by atoms with Gasteiger partial charge in [0.2, 0.25) is 0 Å². The quantitative estimate of drug-likeness (QED) is 0.750. The molecule has 0 fully saturated rings. The Hall–Kier alpha value is -1.48. The molecule has 0 saturated carbocycles. The van der Waals surface area contributed by atoms with Crippen molar-refractivity contribution in [1.82, 2.24) is 0 Å². The number of ketones is 1. The molecular formula is C15H12BrFO. The Labute approximate surface area is 114 Å². The Morgan fingerprint density at radius 3 is 2.44 bits per heavy atom. The first-order chi connectivity index (χ1) is 8.49. The van der Waals surface area contributed by atoms with Gasteiger partial charge in [0.25, 0.3) is 0 Å². The van der Waals surface area contributed by atoms with Gasteiger partial charge in [-0.05, 0) is 55.3 Å². The number of benzene rings is 2. The lowest BCUT2D eigenvalue weighted by Gasteiger charge is -2.06. The van der Waals surface area contributed by atoms with Crippen LogP contribution < -0.4 is 0 Å². The summed E-state index contributed by atoms with van der Waals surface area (Å²) in [7, 11) is 0. The van der Waals surface area contributed by atoms with Crippen LogP contribution in [0.3, 0.4) is 0 Å². The fourth-order valence-electron chi connectivity index (χ4n) is 1.75. The summed E-state index contributed by atoms with van der Waals surface area (Å²) in [6.07, 6.45) is 0. The first-order valence-corrected chi connectivity index (χ1v) is 6.35. The predicted molar refractivity (Wildman–Crippen MR) is 73.4 cm³/mol. The van der Waals surface area contributed by atoms with Crippen molar-refractivity contribution in [3.8, 4) is 0 Å². The van der Waals surface area contributed by atoms with Crippen LogP contribution in [0.4, 0.5) is 4.39 Å². The zero-order valence-electron chi connectivity index (χ0n) is 10.1. The summed E-state index contributed by atoms with van der Waals surface area (Å²) in [4.78, 5) is 12.3. The van der Waals surface area contributed by atoms with Gasteiger partial charge in [0.15, 0.2) is 5.78 Å².